The average molecular weight is 213 g/mol. The molecule has 1 aliphatic carbocycles. The summed E-state index contributed by atoms with van der Waals surface area (Å²) in [4.78, 5) is 11.0. The SMILES string of the molecule is Nc1ccc(F)c(F)c1C1(C(=O)O)CC1. The van der Waals surface area contributed by atoms with Crippen molar-refractivity contribution in [3.63, 3.8) is 0 Å². The Kier molecular flexibility index (Phi) is 1.92. The Labute approximate surface area is 84.5 Å². The van der Waals surface area contributed by atoms with Gasteiger partial charge in [0.25, 0.3) is 0 Å². The highest BCUT2D eigenvalue weighted by Gasteiger charge is 2.54. The number of carbonyl (C=O) groups is 1. The van der Waals surface area contributed by atoms with Gasteiger partial charge in [-0.2, -0.15) is 0 Å². The van der Waals surface area contributed by atoms with Crippen LogP contribution in [0, 0.1) is 11.6 Å². The van der Waals surface area contributed by atoms with Gasteiger partial charge in [0.1, 0.15) is 0 Å². The molecule has 0 heterocycles. The van der Waals surface area contributed by atoms with Gasteiger partial charge >= 0.3 is 5.97 Å². The van der Waals surface area contributed by atoms with Gasteiger partial charge in [0.05, 0.1) is 5.41 Å². The molecule has 0 spiro atoms. The van der Waals surface area contributed by atoms with E-state index in [4.69, 9.17) is 10.8 Å². The maximum atomic E-state index is 13.4. The number of carboxylic acids is 1. The summed E-state index contributed by atoms with van der Waals surface area (Å²) in [6.07, 6.45) is 0.597. The number of anilines is 1. The summed E-state index contributed by atoms with van der Waals surface area (Å²) in [7, 11) is 0. The van der Waals surface area contributed by atoms with E-state index in [1.807, 2.05) is 0 Å². The highest BCUT2D eigenvalue weighted by atomic mass is 19.2. The van der Waals surface area contributed by atoms with E-state index in [1.165, 1.54) is 6.07 Å². The van der Waals surface area contributed by atoms with Crippen molar-refractivity contribution in [3.8, 4) is 0 Å². The number of nitrogen functional groups attached to an aromatic ring is 1. The van der Waals surface area contributed by atoms with Crippen LogP contribution in [0.3, 0.4) is 0 Å². The lowest BCUT2D eigenvalue weighted by Crippen LogP contribution is -2.23. The summed E-state index contributed by atoms with van der Waals surface area (Å²) >= 11 is 0. The van der Waals surface area contributed by atoms with Crippen molar-refractivity contribution < 1.29 is 18.7 Å². The number of aliphatic carboxylic acids is 1. The van der Waals surface area contributed by atoms with Crippen LogP contribution in [0.2, 0.25) is 0 Å². The standard InChI is InChI=1S/C10H9F2NO2/c11-5-1-2-6(13)7(8(5)12)10(3-4-10)9(14)15/h1-2H,3-4,13H2,(H,14,15). The molecule has 1 aromatic carbocycles. The molecule has 3 N–H and O–H groups in total. The van der Waals surface area contributed by atoms with E-state index in [2.05, 4.69) is 0 Å². The minimum atomic E-state index is -1.31. The molecule has 2 rings (SSSR count). The van der Waals surface area contributed by atoms with Gasteiger partial charge in [-0.3, -0.25) is 4.79 Å². The van der Waals surface area contributed by atoms with Crippen molar-refractivity contribution in [2.75, 3.05) is 5.73 Å². The summed E-state index contributed by atoms with van der Waals surface area (Å²) in [6, 6.07) is 2.09. The Morgan fingerprint density at radius 3 is 2.47 bits per heavy atom. The second-order valence-corrected chi connectivity index (χ2v) is 3.71. The lowest BCUT2D eigenvalue weighted by molar-refractivity contribution is -0.140. The normalized spacial score (nSPS) is 17.5. The summed E-state index contributed by atoms with van der Waals surface area (Å²) in [5.74, 6) is -3.36. The molecular formula is C10H9F2NO2. The van der Waals surface area contributed by atoms with E-state index >= 15 is 0 Å². The van der Waals surface area contributed by atoms with Crippen molar-refractivity contribution in [2.45, 2.75) is 18.3 Å². The summed E-state index contributed by atoms with van der Waals surface area (Å²) in [5.41, 5.74) is 3.96. The highest BCUT2D eigenvalue weighted by molar-refractivity contribution is 5.87. The highest BCUT2D eigenvalue weighted by Crippen LogP contribution is 2.51. The lowest BCUT2D eigenvalue weighted by atomic mass is 9.93. The van der Waals surface area contributed by atoms with Gasteiger partial charge in [0.2, 0.25) is 0 Å². The van der Waals surface area contributed by atoms with Crippen LogP contribution < -0.4 is 5.73 Å². The zero-order valence-electron chi connectivity index (χ0n) is 7.76. The molecule has 5 heteroatoms. The predicted molar refractivity (Wildman–Crippen MR) is 49.3 cm³/mol. The molecule has 0 aromatic heterocycles. The summed E-state index contributed by atoms with van der Waals surface area (Å²) in [5, 5.41) is 8.95. The third-order valence-electron chi connectivity index (χ3n) is 2.77. The van der Waals surface area contributed by atoms with Gasteiger partial charge in [-0.05, 0) is 25.0 Å². The summed E-state index contributed by atoms with van der Waals surface area (Å²) in [6.45, 7) is 0. The maximum absolute atomic E-state index is 13.4. The van der Waals surface area contributed by atoms with Crippen LogP contribution in [0.25, 0.3) is 0 Å². The molecule has 1 aromatic rings. The first kappa shape index (κ1) is 9.89. The average Bonchev–Trinajstić information content (AvgIpc) is 2.93. The smallest absolute Gasteiger partial charge is 0.314 e. The fraction of sp³-hybridized carbons (Fsp3) is 0.300. The van der Waals surface area contributed by atoms with Gasteiger partial charge in [-0.1, -0.05) is 0 Å². The van der Waals surface area contributed by atoms with Crippen LogP contribution in [0.4, 0.5) is 14.5 Å². The molecule has 0 saturated heterocycles. The predicted octanol–water partition coefficient (Wildman–Crippen LogP) is 1.66. The van der Waals surface area contributed by atoms with Crippen LogP contribution >= 0.6 is 0 Å². The number of rotatable bonds is 2. The first-order chi connectivity index (χ1) is 6.99. The first-order valence-electron chi connectivity index (χ1n) is 4.46. The maximum Gasteiger partial charge on any atom is 0.314 e. The van der Waals surface area contributed by atoms with E-state index in [1.54, 1.807) is 0 Å². The molecule has 0 radical (unpaired) electrons. The van der Waals surface area contributed by atoms with Crippen LogP contribution in [-0.2, 0) is 10.2 Å². The Morgan fingerprint density at radius 2 is 2.00 bits per heavy atom. The van der Waals surface area contributed by atoms with E-state index in [-0.39, 0.29) is 11.3 Å². The number of halogens is 2. The summed E-state index contributed by atoms with van der Waals surface area (Å²) < 4.78 is 26.4. The number of hydrogen-bond acceptors (Lipinski definition) is 2. The number of benzene rings is 1. The molecule has 0 aliphatic heterocycles. The molecule has 0 atom stereocenters. The Hall–Kier alpha value is -1.65. The van der Waals surface area contributed by atoms with Crippen molar-refractivity contribution >= 4 is 11.7 Å². The van der Waals surface area contributed by atoms with Crippen molar-refractivity contribution in [1.82, 2.24) is 0 Å². The molecule has 3 nitrogen and oxygen atoms in total. The molecule has 1 aliphatic rings. The van der Waals surface area contributed by atoms with E-state index in [9.17, 15) is 13.6 Å². The third kappa shape index (κ3) is 1.26. The monoisotopic (exact) mass is 213 g/mol. The van der Waals surface area contributed by atoms with Crippen LogP contribution in [0.15, 0.2) is 12.1 Å². The zero-order valence-corrected chi connectivity index (χ0v) is 7.76. The molecule has 15 heavy (non-hydrogen) atoms. The number of hydrogen-bond donors (Lipinski definition) is 2. The molecule has 1 saturated carbocycles. The topological polar surface area (TPSA) is 63.3 Å². The second kappa shape index (κ2) is 2.92. The third-order valence-corrected chi connectivity index (χ3v) is 2.77. The minimum absolute atomic E-state index is 0.00574. The molecule has 0 bridgehead atoms. The Bertz CT molecular complexity index is 441. The molecule has 0 unspecified atom stereocenters. The molecule has 80 valence electrons. The van der Waals surface area contributed by atoms with Gasteiger partial charge in [-0.15, -0.1) is 0 Å². The van der Waals surface area contributed by atoms with Gasteiger partial charge in [0.15, 0.2) is 11.6 Å². The Morgan fingerprint density at radius 1 is 1.40 bits per heavy atom. The van der Waals surface area contributed by atoms with Crippen LogP contribution in [0.1, 0.15) is 18.4 Å². The lowest BCUT2D eigenvalue weighted by Gasteiger charge is -2.14. The molecular weight excluding hydrogens is 204 g/mol. The van der Waals surface area contributed by atoms with Gasteiger partial charge < -0.3 is 10.8 Å². The first-order valence-corrected chi connectivity index (χ1v) is 4.46. The molecule has 1 fully saturated rings. The zero-order chi connectivity index (χ0) is 11.2. The fourth-order valence-electron chi connectivity index (χ4n) is 1.75. The van der Waals surface area contributed by atoms with E-state index in [0.29, 0.717) is 12.8 Å². The quantitative estimate of drug-likeness (QED) is 0.734. The van der Waals surface area contributed by atoms with Crippen molar-refractivity contribution in [1.29, 1.82) is 0 Å². The molecule has 0 amide bonds. The van der Waals surface area contributed by atoms with Gasteiger partial charge in [-0.25, -0.2) is 8.78 Å². The minimum Gasteiger partial charge on any atom is -0.481 e. The van der Waals surface area contributed by atoms with Crippen LogP contribution in [-0.4, -0.2) is 11.1 Å². The number of nitrogens with two attached hydrogens (primary N) is 1. The largest absolute Gasteiger partial charge is 0.481 e. The Balaban J connectivity index is 2.62. The fourth-order valence-corrected chi connectivity index (χ4v) is 1.75. The van der Waals surface area contributed by atoms with E-state index in [0.717, 1.165) is 6.07 Å². The van der Waals surface area contributed by atoms with Crippen LogP contribution in [0.5, 0.6) is 0 Å². The number of carboxylic acid groups (broad SMARTS) is 1. The van der Waals surface area contributed by atoms with Crippen molar-refractivity contribution in [2.24, 2.45) is 0 Å². The second-order valence-electron chi connectivity index (χ2n) is 3.71. The van der Waals surface area contributed by atoms with Gasteiger partial charge in [0, 0.05) is 11.3 Å². The van der Waals surface area contributed by atoms with Crippen molar-refractivity contribution in [3.05, 3.63) is 29.3 Å². The van der Waals surface area contributed by atoms with E-state index < -0.39 is 23.0 Å².